The van der Waals surface area contributed by atoms with E-state index in [2.05, 4.69) is 80.0 Å². The Balaban J connectivity index is 1.27. The highest BCUT2D eigenvalue weighted by molar-refractivity contribution is 8.01. The van der Waals surface area contributed by atoms with E-state index in [-0.39, 0.29) is 0 Å². The van der Waals surface area contributed by atoms with Crippen molar-refractivity contribution in [2.24, 2.45) is 0 Å². The van der Waals surface area contributed by atoms with Crippen LogP contribution in [0.3, 0.4) is 0 Å². The minimum absolute atomic E-state index is 0.712. The lowest BCUT2D eigenvalue weighted by Crippen LogP contribution is -2.32. The molecule has 4 aromatic rings. The predicted octanol–water partition coefficient (Wildman–Crippen LogP) is 5.65. The van der Waals surface area contributed by atoms with E-state index in [1.165, 1.54) is 23.1 Å². The first-order valence-corrected chi connectivity index (χ1v) is 10.5. The molecule has 2 heterocycles. The highest BCUT2D eigenvalue weighted by Crippen LogP contribution is 2.35. The maximum absolute atomic E-state index is 5.86. The number of hydrogen-bond acceptors (Lipinski definition) is 5. The number of nitrogens with one attached hydrogen (secondary N) is 3. The molecule has 1 aliphatic heterocycles. The van der Waals surface area contributed by atoms with Crippen LogP contribution in [0, 0.1) is 0 Å². The lowest BCUT2D eigenvalue weighted by Gasteiger charge is -2.31. The summed E-state index contributed by atoms with van der Waals surface area (Å²) in [7, 11) is 0. The molecule has 0 saturated carbocycles. The number of aromatic amines is 1. The number of anilines is 3. The molecule has 5 rings (SSSR count). The zero-order valence-electron chi connectivity index (χ0n) is 15.9. The van der Waals surface area contributed by atoms with Crippen molar-refractivity contribution in [2.75, 3.05) is 27.5 Å². The predicted molar refractivity (Wildman–Crippen MR) is 123 cm³/mol. The minimum Gasteiger partial charge on any atom is -0.490 e. The molecule has 5 nitrogen and oxygen atoms in total. The van der Waals surface area contributed by atoms with Gasteiger partial charge in [-0.25, -0.2) is 0 Å². The Bertz CT molecular complexity index is 1110. The third-order valence-corrected chi connectivity index (χ3v) is 5.70. The molecule has 1 aliphatic rings. The molecule has 3 N–H and O–H groups in total. The fourth-order valence-corrected chi connectivity index (χ4v) is 4.10. The molecular weight excluding hydrogens is 380 g/mol. The van der Waals surface area contributed by atoms with Crippen molar-refractivity contribution in [2.45, 2.75) is 6.54 Å². The Morgan fingerprint density at radius 2 is 1.76 bits per heavy atom. The van der Waals surface area contributed by atoms with Crippen LogP contribution >= 0.6 is 12.1 Å². The van der Waals surface area contributed by atoms with Crippen LogP contribution in [0.1, 0.15) is 5.56 Å². The second kappa shape index (κ2) is 8.01. The number of rotatable bonds is 6. The number of H-pyrrole nitrogens is 1. The number of ether oxygens (including phenoxy) is 1. The van der Waals surface area contributed by atoms with Crippen LogP contribution < -0.4 is 19.1 Å². The summed E-state index contributed by atoms with van der Waals surface area (Å²) in [5.74, 6) is 0.938. The average Bonchev–Trinajstić information content (AvgIpc) is 3.23. The van der Waals surface area contributed by atoms with Crippen LogP contribution in [0.25, 0.3) is 10.9 Å². The Morgan fingerprint density at radius 3 is 2.66 bits per heavy atom. The van der Waals surface area contributed by atoms with Crippen LogP contribution in [0.2, 0.25) is 0 Å². The van der Waals surface area contributed by atoms with Gasteiger partial charge in [0, 0.05) is 29.6 Å². The van der Waals surface area contributed by atoms with Crippen molar-refractivity contribution >= 4 is 40.1 Å². The van der Waals surface area contributed by atoms with E-state index < -0.39 is 0 Å². The van der Waals surface area contributed by atoms with Gasteiger partial charge in [-0.15, -0.1) is 0 Å². The van der Waals surface area contributed by atoms with Gasteiger partial charge in [0.05, 0.1) is 24.4 Å². The Kier molecular flexibility index (Phi) is 4.92. The summed E-state index contributed by atoms with van der Waals surface area (Å²) in [5, 5.41) is 1.21. The molecule has 0 bridgehead atoms. The number of nitrogens with zero attached hydrogens (tertiary/aromatic N) is 1. The molecule has 0 aliphatic carbocycles. The summed E-state index contributed by atoms with van der Waals surface area (Å²) >= 11 is 1.45. The van der Waals surface area contributed by atoms with Crippen molar-refractivity contribution in [3.05, 3.63) is 84.6 Å². The molecular formula is C23H22N4OS. The van der Waals surface area contributed by atoms with Crippen LogP contribution in [0.15, 0.2) is 79.0 Å². The molecule has 146 valence electrons. The molecule has 0 atom stereocenters. The van der Waals surface area contributed by atoms with Gasteiger partial charge in [-0.2, -0.15) is 0 Å². The normalized spacial score (nSPS) is 13.0. The molecule has 0 saturated heterocycles. The Hall–Kier alpha value is -3.25. The van der Waals surface area contributed by atoms with Crippen LogP contribution in [-0.4, -0.2) is 18.1 Å². The zero-order chi connectivity index (χ0) is 19.5. The Labute approximate surface area is 174 Å². The molecule has 0 unspecified atom stereocenters. The van der Waals surface area contributed by atoms with Gasteiger partial charge in [0.15, 0.2) is 0 Å². The second-order valence-corrected chi connectivity index (χ2v) is 7.64. The van der Waals surface area contributed by atoms with Gasteiger partial charge in [-0.05, 0) is 47.3 Å². The number of hydrogen-bond donors (Lipinski definition) is 3. The Morgan fingerprint density at radius 1 is 0.931 bits per heavy atom. The maximum atomic E-state index is 5.86. The largest absolute Gasteiger partial charge is 0.490 e. The SMILES string of the molecule is c1ccc(CN2CCOc3ccc(NSNc4ccc5cc[nH]c5c4)cc32)cc1. The summed E-state index contributed by atoms with van der Waals surface area (Å²) in [5.41, 5.74) is 5.63. The van der Waals surface area contributed by atoms with E-state index in [0.29, 0.717) is 6.61 Å². The molecule has 6 heteroatoms. The quantitative estimate of drug-likeness (QED) is 0.364. The lowest BCUT2D eigenvalue weighted by atomic mass is 10.1. The van der Waals surface area contributed by atoms with Crippen molar-refractivity contribution in [1.29, 1.82) is 0 Å². The summed E-state index contributed by atoms with van der Waals surface area (Å²) in [6.07, 6.45) is 1.95. The van der Waals surface area contributed by atoms with Gasteiger partial charge in [0.1, 0.15) is 12.4 Å². The van der Waals surface area contributed by atoms with Gasteiger partial charge in [0.2, 0.25) is 0 Å². The van der Waals surface area contributed by atoms with Crippen LogP contribution in [0.4, 0.5) is 17.1 Å². The highest BCUT2D eigenvalue weighted by atomic mass is 32.2. The highest BCUT2D eigenvalue weighted by Gasteiger charge is 2.18. The first-order chi connectivity index (χ1) is 14.3. The fourth-order valence-electron chi connectivity index (χ4n) is 3.56. The monoisotopic (exact) mass is 402 g/mol. The van der Waals surface area contributed by atoms with Crippen LogP contribution in [-0.2, 0) is 6.54 Å². The molecule has 0 amide bonds. The second-order valence-electron chi connectivity index (χ2n) is 7.02. The first-order valence-electron chi connectivity index (χ1n) is 9.66. The summed E-state index contributed by atoms with van der Waals surface area (Å²) < 4.78 is 12.6. The van der Waals surface area contributed by atoms with Crippen molar-refractivity contribution in [1.82, 2.24) is 4.98 Å². The van der Waals surface area contributed by atoms with Gasteiger partial charge in [-0.1, -0.05) is 36.4 Å². The van der Waals surface area contributed by atoms with E-state index in [9.17, 15) is 0 Å². The third kappa shape index (κ3) is 3.98. The van der Waals surface area contributed by atoms with Crippen molar-refractivity contribution < 1.29 is 4.74 Å². The van der Waals surface area contributed by atoms with E-state index in [1.54, 1.807) is 0 Å². The van der Waals surface area contributed by atoms with E-state index in [0.717, 1.165) is 41.4 Å². The van der Waals surface area contributed by atoms with Gasteiger partial charge < -0.3 is 24.1 Å². The standard InChI is InChI=1S/C23H22N4OS/c1-2-4-17(5-3-1)16-27-12-13-28-23-9-8-20(15-22(23)27)26-29-25-19-7-6-18-10-11-24-21(18)14-19/h1-11,14-15,24-26H,12-13,16H2. The average molecular weight is 403 g/mol. The number of aromatic nitrogens is 1. The van der Waals surface area contributed by atoms with Crippen molar-refractivity contribution in [3.8, 4) is 5.75 Å². The third-order valence-electron chi connectivity index (χ3n) is 5.03. The molecule has 29 heavy (non-hydrogen) atoms. The van der Waals surface area contributed by atoms with E-state index >= 15 is 0 Å². The first kappa shape index (κ1) is 17.8. The summed E-state index contributed by atoms with van der Waals surface area (Å²) in [6.45, 7) is 2.47. The minimum atomic E-state index is 0.712. The summed E-state index contributed by atoms with van der Waals surface area (Å²) in [4.78, 5) is 5.61. The lowest BCUT2D eigenvalue weighted by molar-refractivity contribution is 0.307. The van der Waals surface area contributed by atoms with Gasteiger partial charge in [0.25, 0.3) is 0 Å². The van der Waals surface area contributed by atoms with E-state index in [4.69, 9.17) is 4.74 Å². The molecule has 3 aromatic carbocycles. The summed E-state index contributed by atoms with van der Waals surface area (Å²) in [6, 6.07) is 25.1. The van der Waals surface area contributed by atoms with Crippen LogP contribution in [0.5, 0.6) is 5.75 Å². The van der Waals surface area contributed by atoms with E-state index in [1.807, 2.05) is 18.3 Å². The smallest absolute Gasteiger partial charge is 0.142 e. The number of fused-ring (bicyclic) bond motifs is 2. The number of benzene rings is 3. The topological polar surface area (TPSA) is 52.3 Å². The van der Waals surface area contributed by atoms with Gasteiger partial charge in [-0.3, -0.25) is 0 Å². The molecule has 0 radical (unpaired) electrons. The molecule has 0 fully saturated rings. The maximum Gasteiger partial charge on any atom is 0.142 e. The fraction of sp³-hybridized carbons (Fsp3) is 0.130. The molecule has 0 spiro atoms. The van der Waals surface area contributed by atoms with Gasteiger partial charge >= 0.3 is 0 Å². The zero-order valence-corrected chi connectivity index (χ0v) is 16.7. The van der Waals surface area contributed by atoms with Crippen molar-refractivity contribution in [3.63, 3.8) is 0 Å². The molecule has 1 aromatic heterocycles.